The predicted molar refractivity (Wildman–Crippen MR) is 167 cm³/mol. The third-order valence-corrected chi connectivity index (χ3v) is 8.25. The molecule has 2 heterocycles. The average molecular weight is 622 g/mol. The second-order valence-corrected chi connectivity index (χ2v) is 11.5. The molecule has 1 aromatic heterocycles. The van der Waals surface area contributed by atoms with Gasteiger partial charge < -0.3 is 19.4 Å². The predicted octanol–water partition coefficient (Wildman–Crippen LogP) is 6.53. The lowest BCUT2D eigenvalue weighted by atomic mass is 10.1. The van der Waals surface area contributed by atoms with Crippen LogP contribution in [0.2, 0.25) is 0 Å². The van der Waals surface area contributed by atoms with E-state index in [9.17, 15) is 18.0 Å². The number of nitrogens with zero attached hydrogens (tertiary/aromatic N) is 5. The van der Waals surface area contributed by atoms with Gasteiger partial charge in [-0.3, -0.25) is 4.79 Å². The number of amides is 1. The van der Waals surface area contributed by atoms with E-state index in [0.717, 1.165) is 28.7 Å². The van der Waals surface area contributed by atoms with E-state index in [-0.39, 0.29) is 5.91 Å². The van der Waals surface area contributed by atoms with Crippen LogP contribution in [0.3, 0.4) is 0 Å². The van der Waals surface area contributed by atoms with Crippen LogP contribution in [0.4, 0.5) is 24.7 Å². The molecule has 0 N–H and O–H groups in total. The van der Waals surface area contributed by atoms with Crippen molar-refractivity contribution in [2.24, 2.45) is 0 Å². The molecule has 0 saturated carbocycles. The summed E-state index contributed by atoms with van der Waals surface area (Å²) in [7, 11) is 3.41. The zero-order valence-corrected chi connectivity index (χ0v) is 25.4. The molecule has 1 saturated heterocycles. The van der Waals surface area contributed by atoms with Crippen molar-refractivity contribution in [3.63, 3.8) is 0 Å². The number of anilines is 2. The molecule has 11 heteroatoms. The number of rotatable bonds is 10. The highest BCUT2D eigenvalue weighted by atomic mass is 32.2. The fraction of sp³-hybridized carbons (Fsp3) is 0.303. The second kappa shape index (κ2) is 14.1. The molecule has 5 rings (SSSR count). The van der Waals surface area contributed by atoms with Crippen molar-refractivity contribution in [2.75, 3.05) is 50.1 Å². The summed E-state index contributed by atoms with van der Waals surface area (Å²) in [5.74, 6) is 1.28. The van der Waals surface area contributed by atoms with Crippen LogP contribution in [0.5, 0.6) is 0 Å². The Bertz CT molecular complexity index is 1560. The summed E-state index contributed by atoms with van der Waals surface area (Å²) in [6.07, 6.45) is -4.37. The van der Waals surface area contributed by atoms with Crippen LogP contribution in [0.15, 0.2) is 90.1 Å². The van der Waals surface area contributed by atoms with Gasteiger partial charge in [0.2, 0.25) is 0 Å². The molecule has 7 nitrogen and oxygen atoms in total. The molecule has 0 spiro atoms. The molecule has 0 unspecified atom stereocenters. The maximum absolute atomic E-state index is 13.2. The van der Waals surface area contributed by atoms with Crippen LogP contribution in [0.25, 0.3) is 0 Å². The first-order valence-electron chi connectivity index (χ1n) is 14.2. The van der Waals surface area contributed by atoms with Gasteiger partial charge in [-0.2, -0.15) is 13.2 Å². The number of alkyl halides is 3. The Morgan fingerprint density at radius 2 is 1.59 bits per heavy atom. The number of ether oxygens (including phenoxy) is 1. The van der Waals surface area contributed by atoms with Gasteiger partial charge in [-0.1, -0.05) is 60.3 Å². The largest absolute Gasteiger partial charge is 0.416 e. The first-order valence-corrected chi connectivity index (χ1v) is 15.2. The molecular weight excluding hydrogens is 587 g/mol. The number of thioether (sulfide) groups is 1. The number of hydrogen-bond donors (Lipinski definition) is 0. The minimum absolute atomic E-state index is 0.0504. The minimum Gasteiger partial charge on any atom is -0.378 e. The van der Waals surface area contributed by atoms with E-state index in [2.05, 4.69) is 9.88 Å². The standard InChI is InChI=1S/C33H34F3N5O2S/c1-39(21-24-8-4-3-5-9-24)31(42)26-11-6-10-25(18-26)23-44-32-37-28(22-43-2)20-30(38-32)41-16-14-40(15-17-41)29-13-7-12-27(19-29)33(34,35)36/h3-13,18-20H,14-17,21-23H2,1-2H3. The number of carbonyl (C=O) groups is 1. The molecule has 1 aliphatic rings. The molecule has 230 valence electrons. The summed E-state index contributed by atoms with van der Waals surface area (Å²) in [4.78, 5) is 28.4. The van der Waals surface area contributed by atoms with Crippen LogP contribution in [-0.4, -0.2) is 61.1 Å². The quantitative estimate of drug-likeness (QED) is 0.147. The first kappa shape index (κ1) is 31.3. The van der Waals surface area contributed by atoms with Gasteiger partial charge in [0.1, 0.15) is 5.82 Å². The Balaban J connectivity index is 1.24. The van der Waals surface area contributed by atoms with Gasteiger partial charge in [-0.25, -0.2) is 9.97 Å². The van der Waals surface area contributed by atoms with Crippen molar-refractivity contribution in [1.29, 1.82) is 0 Å². The van der Waals surface area contributed by atoms with Crippen molar-refractivity contribution < 1.29 is 22.7 Å². The second-order valence-electron chi connectivity index (χ2n) is 10.6. The van der Waals surface area contributed by atoms with E-state index >= 15 is 0 Å². The van der Waals surface area contributed by atoms with Gasteiger partial charge in [-0.15, -0.1) is 0 Å². The molecule has 1 fully saturated rings. The van der Waals surface area contributed by atoms with E-state index in [1.165, 1.54) is 23.9 Å². The van der Waals surface area contributed by atoms with E-state index < -0.39 is 11.7 Å². The maximum Gasteiger partial charge on any atom is 0.416 e. The zero-order valence-electron chi connectivity index (χ0n) is 24.6. The Labute approximate surface area is 259 Å². The molecule has 0 radical (unpaired) electrons. The molecule has 0 bridgehead atoms. The highest BCUT2D eigenvalue weighted by molar-refractivity contribution is 7.98. The Morgan fingerprint density at radius 1 is 0.886 bits per heavy atom. The minimum atomic E-state index is -4.37. The molecule has 44 heavy (non-hydrogen) atoms. The van der Waals surface area contributed by atoms with Crippen LogP contribution < -0.4 is 9.80 Å². The molecular formula is C33H34F3N5O2S. The molecule has 3 aromatic carbocycles. The summed E-state index contributed by atoms with van der Waals surface area (Å²) < 4.78 is 45.0. The summed E-state index contributed by atoms with van der Waals surface area (Å²) in [6.45, 7) is 3.18. The maximum atomic E-state index is 13.2. The SMILES string of the molecule is COCc1cc(N2CCN(c3cccc(C(F)(F)F)c3)CC2)nc(SCc2cccc(C(=O)N(C)Cc3ccccc3)c2)n1. The molecule has 1 aliphatic heterocycles. The lowest BCUT2D eigenvalue weighted by molar-refractivity contribution is -0.137. The Hall–Kier alpha value is -4.09. The van der Waals surface area contributed by atoms with Gasteiger partial charge in [0.05, 0.1) is 17.9 Å². The zero-order chi connectivity index (χ0) is 31.1. The van der Waals surface area contributed by atoms with Crippen molar-refractivity contribution in [1.82, 2.24) is 14.9 Å². The van der Waals surface area contributed by atoms with Crippen molar-refractivity contribution in [3.8, 4) is 0 Å². The summed E-state index contributed by atoms with van der Waals surface area (Å²) >= 11 is 1.48. The number of aromatic nitrogens is 2. The summed E-state index contributed by atoms with van der Waals surface area (Å²) in [5, 5.41) is 0.591. The number of hydrogen-bond acceptors (Lipinski definition) is 7. The lowest BCUT2D eigenvalue weighted by Crippen LogP contribution is -2.47. The van der Waals surface area contributed by atoms with Gasteiger partial charge in [-0.05, 0) is 41.5 Å². The lowest BCUT2D eigenvalue weighted by Gasteiger charge is -2.37. The van der Waals surface area contributed by atoms with Crippen LogP contribution in [0, 0.1) is 0 Å². The smallest absolute Gasteiger partial charge is 0.378 e. The number of methoxy groups -OCH3 is 1. The van der Waals surface area contributed by atoms with Crippen LogP contribution >= 0.6 is 11.8 Å². The van der Waals surface area contributed by atoms with Crippen molar-refractivity contribution in [2.45, 2.75) is 30.2 Å². The van der Waals surface area contributed by atoms with E-state index in [1.54, 1.807) is 25.1 Å². The summed E-state index contributed by atoms with van der Waals surface area (Å²) in [5.41, 5.74) is 3.32. The van der Waals surface area contributed by atoms with Gasteiger partial charge in [0, 0.05) is 70.0 Å². The monoisotopic (exact) mass is 621 g/mol. The molecule has 4 aromatic rings. The molecule has 0 aliphatic carbocycles. The first-order chi connectivity index (χ1) is 21.2. The number of carbonyl (C=O) groups excluding carboxylic acids is 1. The normalized spacial score (nSPS) is 13.7. The third-order valence-electron chi connectivity index (χ3n) is 7.33. The van der Waals surface area contributed by atoms with Gasteiger partial charge in [0.25, 0.3) is 5.91 Å². The van der Waals surface area contributed by atoms with Gasteiger partial charge in [0.15, 0.2) is 5.16 Å². The van der Waals surface area contributed by atoms with E-state index in [0.29, 0.717) is 61.5 Å². The van der Waals surface area contributed by atoms with Crippen molar-refractivity contribution in [3.05, 3.63) is 113 Å². The Kier molecular flexibility index (Phi) is 10.1. The van der Waals surface area contributed by atoms with Crippen LogP contribution in [0.1, 0.15) is 32.7 Å². The van der Waals surface area contributed by atoms with Gasteiger partial charge >= 0.3 is 6.18 Å². The topological polar surface area (TPSA) is 61.8 Å². The number of piperazine rings is 1. The number of benzene rings is 3. The summed E-state index contributed by atoms with van der Waals surface area (Å²) in [6, 6.07) is 24.8. The fourth-order valence-corrected chi connectivity index (χ4v) is 5.89. The average Bonchev–Trinajstić information content (AvgIpc) is 3.04. The molecule has 0 atom stereocenters. The highest BCUT2D eigenvalue weighted by Gasteiger charge is 2.31. The van der Waals surface area contributed by atoms with E-state index in [4.69, 9.17) is 9.72 Å². The Morgan fingerprint density at radius 3 is 2.32 bits per heavy atom. The fourth-order valence-electron chi connectivity index (χ4n) is 5.07. The molecule has 1 amide bonds. The van der Waals surface area contributed by atoms with Crippen LogP contribution in [-0.2, 0) is 29.8 Å². The van der Waals surface area contributed by atoms with Crippen molar-refractivity contribution >= 4 is 29.2 Å². The highest BCUT2D eigenvalue weighted by Crippen LogP contribution is 2.32. The third kappa shape index (κ3) is 8.09. The number of halogens is 3. The van der Waals surface area contributed by atoms with E-state index in [1.807, 2.05) is 65.6 Å².